The maximum atomic E-state index is 11.5. The Balaban J connectivity index is 2.97. The van der Waals surface area contributed by atoms with Crippen LogP contribution in [0.2, 0.25) is 0 Å². The zero-order valence-electron chi connectivity index (χ0n) is 9.24. The van der Waals surface area contributed by atoms with E-state index < -0.39 is 0 Å². The number of benzene rings is 1. The van der Waals surface area contributed by atoms with Gasteiger partial charge in [0.05, 0.1) is 0 Å². The summed E-state index contributed by atoms with van der Waals surface area (Å²) >= 11 is 0. The Morgan fingerprint density at radius 2 is 1.93 bits per heavy atom. The second-order valence-corrected chi connectivity index (χ2v) is 4.02. The number of phenolic OH excluding ortho intramolecular Hbond substituents is 2. The Labute approximate surface area is 89.4 Å². The third-order valence-corrected chi connectivity index (χ3v) is 2.49. The van der Waals surface area contributed by atoms with Crippen LogP contribution in [0.25, 0.3) is 0 Å². The van der Waals surface area contributed by atoms with E-state index in [-0.39, 0.29) is 29.6 Å². The highest BCUT2D eigenvalue weighted by atomic mass is 16.3. The van der Waals surface area contributed by atoms with Crippen LogP contribution in [0.1, 0.15) is 25.0 Å². The van der Waals surface area contributed by atoms with Crippen LogP contribution in [0.15, 0.2) is 12.1 Å². The molecule has 0 bridgehead atoms. The number of ketones is 1. The van der Waals surface area contributed by atoms with E-state index in [2.05, 4.69) is 0 Å². The number of carbonyl (C=O) groups is 1. The van der Waals surface area contributed by atoms with E-state index in [9.17, 15) is 15.0 Å². The molecule has 2 N–H and O–H groups in total. The van der Waals surface area contributed by atoms with Gasteiger partial charge in [-0.3, -0.25) is 4.79 Å². The molecule has 0 heterocycles. The molecule has 0 saturated carbocycles. The minimum atomic E-state index is -0.0430. The van der Waals surface area contributed by atoms with Gasteiger partial charge in [-0.2, -0.15) is 0 Å². The van der Waals surface area contributed by atoms with Crippen LogP contribution in [0, 0.1) is 12.8 Å². The highest BCUT2D eigenvalue weighted by molar-refractivity contribution is 5.83. The topological polar surface area (TPSA) is 57.5 Å². The lowest BCUT2D eigenvalue weighted by Crippen LogP contribution is -2.10. The smallest absolute Gasteiger partial charge is 0.139 e. The molecule has 0 fully saturated rings. The maximum Gasteiger partial charge on any atom is 0.139 e. The van der Waals surface area contributed by atoms with Crippen molar-refractivity contribution in [3.63, 3.8) is 0 Å². The van der Waals surface area contributed by atoms with Gasteiger partial charge in [-0.05, 0) is 13.0 Å². The molecule has 0 saturated heterocycles. The lowest BCUT2D eigenvalue weighted by molar-refractivity contribution is -0.121. The van der Waals surface area contributed by atoms with Crippen molar-refractivity contribution in [2.24, 2.45) is 5.92 Å². The summed E-state index contributed by atoms with van der Waals surface area (Å²) in [6, 6.07) is 3.08. The van der Waals surface area contributed by atoms with Crippen molar-refractivity contribution in [1.29, 1.82) is 0 Å². The van der Waals surface area contributed by atoms with Crippen molar-refractivity contribution in [2.45, 2.75) is 27.2 Å². The number of phenols is 2. The summed E-state index contributed by atoms with van der Waals surface area (Å²) in [6.45, 7) is 5.27. The molecule has 0 radical (unpaired) electrons. The van der Waals surface area contributed by atoms with E-state index in [1.54, 1.807) is 13.0 Å². The Morgan fingerprint density at radius 1 is 1.33 bits per heavy atom. The molecular weight excluding hydrogens is 192 g/mol. The van der Waals surface area contributed by atoms with Gasteiger partial charge in [0.25, 0.3) is 0 Å². The molecule has 3 nitrogen and oxygen atoms in total. The first kappa shape index (κ1) is 11.6. The summed E-state index contributed by atoms with van der Waals surface area (Å²) < 4.78 is 0. The van der Waals surface area contributed by atoms with E-state index >= 15 is 0 Å². The predicted octanol–water partition coefficient (Wildman–Crippen LogP) is 2.17. The summed E-state index contributed by atoms with van der Waals surface area (Å²) in [5, 5.41) is 19.0. The van der Waals surface area contributed by atoms with Crippen molar-refractivity contribution < 1.29 is 15.0 Å². The third-order valence-electron chi connectivity index (χ3n) is 2.49. The number of hydrogen-bond donors (Lipinski definition) is 2. The molecular formula is C12H16O3. The van der Waals surface area contributed by atoms with E-state index in [0.717, 1.165) is 0 Å². The van der Waals surface area contributed by atoms with Crippen molar-refractivity contribution in [1.82, 2.24) is 0 Å². The number of rotatable bonds is 3. The standard InChI is InChI=1S/C12H16O3/c1-7(2)11(14)6-9-4-5-10(13)8(3)12(9)15/h4-5,7,13,15H,6H2,1-3H3. The van der Waals surface area contributed by atoms with Crippen molar-refractivity contribution >= 4 is 5.78 Å². The highest BCUT2D eigenvalue weighted by Crippen LogP contribution is 2.30. The normalized spacial score (nSPS) is 10.7. The van der Waals surface area contributed by atoms with Gasteiger partial charge in [-0.1, -0.05) is 19.9 Å². The van der Waals surface area contributed by atoms with E-state index in [1.807, 2.05) is 13.8 Å². The SMILES string of the molecule is Cc1c(O)ccc(CC(=O)C(C)C)c1O. The molecule has 0 aliphatic rings. The second-order valence-electron chi connectivity index (χ2n) is 4.02. The minimum Gasteiger partial charge on any atom is -0.508 e. The van der Waals surface area contributed by atoms with Gasteiger partial charge in [-0.15, -0.1) is 0 Å². The monoisotopic (exact) mass is 208 g/mol. The molecule has 1 aromatic rings. The molecule has 0 aliphatic heterocycles. The molecule has 82 valence electrons. The highest BCUT2D eigenvalue weighted by Gasteiger charge is 2.13. The fourth-order valence-electron chi connectivity index (χ4n) is 1.28. The summed E-state index contributed by atoms with van der Waals surface area (Å²) in [5.74, 6) is 0.103. The van der Waals surface area contributed by atoms with Crippen LogP contribution in [0.3, 0.4) is 0 Å². The zero-order valence-corrected chi connectivity index (χ0v) is 9.24. The second kappa shape index (κ2) is 4.34. The van der Waals surface area contributed by atoms with Gasteiger partial charge in [-0.25, -0.2) is 0 Å². The summed E-state index contributed by atoms with van der Waals surface area (Å²) in [4.78, 5) is 11.5. The van der Waals surface area contributed by atoms with Crippen molar-refractivity contribution in [3.05, 3.63) is 23.3 Å². The maximum absolute atomic E-state index is 11.5. The summed E-state index contributed by atoms with van der Waals surface area (Å²) in [7, 11) is 0. The first-order valence-electron chi connectivity index (χ1n) is 4.96. The van der Waals surface area contributed by atoms with Crippen LogP contribution >= 0.6 is 0 Å². The van der Waals surface area contributed by atoms with Gasteiger partial charge in [0, 0.05) is 23.5 Å². The number of carbonyl (C=O) groups excluding carboxylic acids is 1. The lowest BCUT2D eigenvalue weighted by atomic mass is 9.98. The first-order chi connectivity index (χ1) is 6.93. The first-order valence-corrected chi connectivity index (χ1v) is 4.96. The van der Waals surface area contributed by atoms with Gasteiger partial charge < -0.3 is 10.2 Å². The molecule has 0 atom stereocenters. The zero-order chi connectivity index (χ0) is 11.6. The summed E-state index contributed by atoms with van der Waals surface area (Å²) in [6.07, 6.45) is 0.213. The Bertz CT molecular complexity index is 381. The summed E-state index contributed by atoms with van der Waals surface area (Å²) in [5.41, 5.74) is 0.994. The Morgan fingerprint density at radius 3 is 2.47 bits per heavy atom. The molecule has 1 rings (SSSR count). The quantitative estimate of drug-likeness (QED) is 0.800. The fourth-order valence-corrected chi connectivity index (χ4v) is 1.28. The average Bonchev–Trinajstić information content (AvgIpc) is 2.18. The molecule has 0 unspecified atom stereocenters. The lowest BCUT2D eigenvalue weighted by Gasteiger charge is -2.09. The largest absolute Gasteiger partial charge is 0.508 e. The third kappa shape index (κ3) is 2.49. The van der Waals surface area contributed by atoms with Gasteiger partial charge in [0.1, 0.15) is 17.3 Å². The van der Waals surface area contributed by atoms with E-state index in [1.165, 1.54) is 6.07 Å². The number of aromatic hydroxyl groups is 2. The van der Waals surface area contributed by atoms with Crippen molar-refractivity contribution in [2.75, 3.05) is 0 Å². The predicted molar refractivity (Wildman–Crippen MR) is 58.1 cm³/mol. The van der Waals surface area contributed by atoms with Crippen molar-refractivity contribution in [3.8, 4) is 11.5 Å². The van der Waals surface area contributed by atoms with E-state index in [0.29, 0.717) is 11.1 Å². The molecule has 0 aromatic heterocycles. The van der Waals surface area contributed by atoms with Crippen LogP contribution in [0.4, 0.5) is 0 Å². The minimum absolute atomic E-state index is 0.0176. The molecule has 15 heavy (non-hydrogen) atoms. The van der Waals surface area contributed by atoms with E-state index in [4.69, 9.17) is 0 Å². The molecule has 0 aliphatic carbocycles. The molecule has 0 spiro atoms. The average molecular weight is 208 g/mol. The van der Waals surface area contributed by atoms with Gasteiger partial charge in [0.2, 0.25) is 0 Å². The van der Waals surface area contributed by atoms with Crippen LogP contribution in [0.5, 0.6) is 11.5 Å². The van der Waals surface area contributed by atoms with Gasteiger partial charge in [0.15, 0.2) is 0 Å². The Hall–Kier alpha value is -1.51. The van der Waals surface area contributed by atoms with Crippen LogP contribution in [-0.4, -0.2) is 16.0 Å². The van der Waals surface area contributed by atoms with Crippen LogP contribution in [-0.2, 0) is 11.2 Å². The number of hydrogen-bond acceptors (Lipinski definition) is 3. The fraction of sp³-hybridized carbons (Fsp3) is 0.417. The Kier molecular flexibility index (Phi) is 3.35. The number of Topliss-reactive ketones (excluding diaryl/α,β-unsaturated/α-hetero) is 1. The van der Waals surface area contributed by atoms with Gasteiger partial charge >= 0.3 is 0 Å². The molecule has 1 aromatic carbocycles. The molecule has 3 heteroatoms. The van der Waals surface area contributed by atoms with Crippen LogP contribution < -0.4 is 0 Å². The molecule has 0 amide bonds.